The Hall–Kier alpha value is -3.12. The molecule has 0 fully saturated rings. The van der Waals surface area contributed by atoms with Gasteiger partial charge >= 0.3 is 0 Å². The minimum absolute atomic E-state index is 0. The molecule has 146 valence electrons. The summed E-state index contributed by atoms with van der Waals surface area (Å²) in [5.41, 5.74) is 15.5. The number of carbonyl (C=O) groups is 1. The molecule has 6 nitrogen and oxygen atoms in total. The number of guanidine groups is 1. The van der Waals surface area contributed by atoms with E-state index in [4.69, 9.17) is 11.5 Å². The predicted octanol–water partition coefficient (Wildman–Crippen LogP) is 3.06. The number of nitrogens with zero attached hydrogens (tertiary/aromatic N) is 2. The highest BCUT2D eigenvalue weighted by Crippen LogP contribution is 2.24. The van der Waals surface area contributed by atoms with Crippen molar-refractivity contribution in [3.63, 3.8) is 0 Å². The summed E-state index contributed by atoms with van der Waals surface area (Å²) in [5, 5.41) is 0.977. The summed E-state index contributed by atoms with van der Waals surface area (Å²) >= 11 is 0. The normalized spacial score (nSPS) is 10.4. The Kier molecular flexibility index (Phi) is 5.95. The van der Waals surface area contributed by atoms with Gasteiger partial charge in [0, 0.05) is 17.0 Å². The molecular weight excluding hydrogens is 376 g/mol. The zero-order chi connectivity index (χ0) is 19.9. The molecule has 3 rings (SSSR count). The molecule has 0 spiro atoms. The van der Waals surface area contributed by atoms with Gasteiger partial charge in [0.1, 0.15) is 0 Å². The molecule has 1 aromatic heterocycles. The Balaban J connectivity index is 0.00000280. The number of halogens is 1. The minimum atomic E-state index is -0.582. The van der Waals surface area contributed by atoms with Crippen LogP contribution in [0.15, 0.2) is 46.3 Å². The molecule has 7 heteroatoms. The van der Waals surface area contributed by atoms with E-state index in [0.29, 0.717) is 10.8 Å². The highest BCUT2D eigenvalue weighted by Gasteiger charge is 2.17. The molecule has 1 amide bonds. The molecule has 1 heterocycles. The van der Waals surface area contributed by atoms with E-state index in [1.54, 1.807) is 12.1 Å². The molecule has 0 saturated carbocycles. The lowest BCUT2D eigenvalue weighted by Crippen LogP contribution is -2.25. The summed E-state index contributed by atoms with van der Waals surface area (Å²) < 4.78 is 1.51. The number of amides is 1. The third-order valence-electron chi connectivity index (χ3n) is 4.51. The molecule has 0 radical (unpaired) electrons. The summed E-state index contributed by atoms with van der Waals surface area (Å²) in [7, 11) is 0. The monoisotopic (exact) mass is 398 g/mol. The lowest BCUT2D eigenvalue weighted by Gasteiger charge is -2.16. The van der Waals surface area contributed by atoms with Crippen LogP contribution in [0.25, 0.3) is 16.5 Å². The van der Waals surface area contributed by atoms with Gasteiger partial charge in [-0.05, 0) is 44.9 Å². The van der Waals surface area contributed by atoms with Gasteiger partial charge in [-0.1, -0.05) is 35.4 Å². The van der Waals surface area contributed by atoms with E-state index in [1.165, 1.54) is 10.8 Å². The fraction of sp³-hybridized carbons (Fsp3) is 0.190. The van der Waals surface area contributed by atoms with Crippen molar-refractivity contribution >= 4 is 35.0 Å². The van der Waals surface area contributed by atoms with Crippen LogP contribution in [-0.2, 0) is 0 Å². The first-order valence-corrected chi connectivity index (χ1v) is 8.57. The number of aliphatic imine (C=N–C) groups is 1. The second kappa shape index (κ2) is 7.86. The zero-order valence-electron chi connectivity index (χ0n) is 16.2. The van der Waals surface area contributed by atoms with Gasteiger partial charge in [-0.3, -0.25) is 14.2 Å². The fourth-order valence-electron chi connectivity index (χ4n) is 3.52. The summed E-state index contributed by atoms with van der Waals surface area (Å²) in [6.45, 7) is 7.79. The van der Waals surface area contributed by atoms with Gasteiger partial charge in [0.2, 0.25) is 0 Å². The molecule has 3 aromatic rings. The number of fused-ring (bicyclic) bond motifs is 1. The van der Waals surface area contributed by atoms with E-state index in [9.17, 15) is 9.59 Å². The number of aromatic nitrogens is 1. The lowest BCUT2D eigenvalue weighted by molar-refractivity contribution is 0.100. The Morgan fingerprint density at radius 3 is 2.11 bits per heavy atom. The van der Waals surface area contributed by atoms with E-state index in [1.807, 2.05) is 45.9 Å². The van der Waals surface area contributed by atoms with E-state index >= 15 is 0 Å². The van der Waals surface area contributed by atoms with Crippen molar-refractivity contribution in [1.29, 1.82) is 0 Å². The first kappa shape index (κ1) is 21.2. The second-order valence-corrected chi connectivity index (χ2v) is 6.86. The van der Waals surface area contributed by atoms with Crippen molar-refractivity contribution in [3.8, 4) is 5.69 Å². The molecule has 0 bridgehead atoms. The van der Waals surface area contributed by atoms with Gasteiger partial charge in [0.05, 0.1) is 11.3 Å². The van der Waals surface area contributed by atoms with Crippen LogP contribution in [-0.4, -0.2) is 16.4 Å². The molecular formula is C21H23ClN4O2. The van der Waals surface area contributed by atoms with Gasteiger partial charge in [0.15, 0.2) is 5.96 Å². The standard InChI is InChI=1S/C21H22N4O2.ClH/c1-11-5-6-15-16(9-11)17(19(26)24-21(22)23)10-25(20(15)27)18-13(3)7-12(2)8-14(18)4;/h5-10H,1-4H3,(H4,22,23,24,26);1H. The number of hydrogen-bond donors (Lipinski definition) is 2. The Bertz CT molecular complexity index is 1150. The maximum absolute atomic E-state index is 13.2. The third-order valence-corrected chi connectivity index (χ3v) is 4.51. The number of pyridine rings is 1. The lowest BCUT2D eigenvalue weighted by atomic mass is 10.0. The number of aryl methyl sites for hydroxylation is 4. The largest absolute Gasteiger partial charge is 0.370 e. The van der Waals surface area contributed by atoms with Gasteiger partial charge in [-0.15, -0.1) is 12.4 Å². The number of carbonyl (C=O) groups excluding carboxylic acids is 1. The van der Waals surface area contributed by atoms with Crippen molar-refractivity contribution in [2.45, 2.75) is 27.7 Å². The highest BCUT2D eigenvalue weighted by atomic mass is 35.5. The van der Waals surface area contributed by atoms with Crippen molar-refractivity contribution in [1.82, 2.24) is 4.57 Å². The summed E-state index contributed by atoms with van der Waals surface area (Å²) in [6.07, 6.45) is 1.53. The topological polar surface area (TPSA) is 103 Å². The summed E-state index contributed by atoms with van der Waals surface area (Å²) in [4.78, 5) is 29.5. The molecule has 0 saturated heterocycles. The van der Waals surface area contributed by atoms with Gasteiger partial charge < -0.3 is 11.5 Å². The van der Waals surface area contributed by atoms with Crippen LogP contribution in [0.1, 0.15) is 32.6 Å². The van der Waals surface area contributed by atoms with Crippen LogP contribution >= 0.6 is 12.4 Å². The molecule has 0 unspecified atom stereocenters. The van der Waals surface area contributed by atoms with Crippen molar-refractivity contribution < 1.29 is 4.79 Å². The van der Waals surface area contributed by atoms with Crippen LogP contribution in [0.2, 0.25) is 0 Å². The third kappa shape index (κ3) is 3.77. The second-order valence-electron chi connectivity index (χ2n) is 6.86. The molecule has 0 aliphatic rings. The molecule has 0 atom stereocenters. The number of nitrogens with two attached hydrogens (primary N) is 2. The Labute approximate surface area is 169 Å². The maximum Gasteiger partial charge on any atom is 0.282 e. The van der Waals surface area contributed by atoms with Crippen LogP contribution in [0.4, 0.5) is 0 Å². The molecule has 2 aromatic carbocycles. The first-order valence-electron chi connectivity index (χ1n) is 8.57. The van der Waals surface area contributed by atoms with Crippen molar-refractivity contribution in [2.75, 3.05) is 0 Å². The minimum Gasteiger partial charge on any atom is -0.370 e. The molecule has 0 aliphatic heterocycles. The van der Waals surface area contributed by atoms with E-state index in [0.717, 1.165) is 27.9 Å². The Morgan fingerprint density at radius 2 is 1.54 bits per heavy atom. The van der Waals surface area contributed by atoms with E-state index in [2.05, 4.69) is 4.99 Å². The van der Waals surface area contributed by atoms with Crippen molar-refractivity contribution in [2.24, 2.45) is 16.5 Å². The SMILES string of the molecule is Cc1cc(C)c(-n2cc(C(=O)N=C(N)N)c3cc(C)ccc3c2=O)c(C)c1.Cl. The van der Waals surface area contributed by atoms with E-state index < -0.39 is 5.91 Å². The number of hydrogen-bond acceptors (Lipinski definition) is 2. The first-order chi connectivity index (χ1) is 12.7. The summed E-state index contributed by atoms with van der Waals surface area (Å²) in [6, 6.07) is 9.38. The highest BCUT2D eigenvalue weighted by molar-refractivity contribution is 6.10. The van der Waals surface area contributed by atoms with Gasteiger partial charge in [-0.2, -0.15) is 4.99 Å². The van der Waals surface area contributed by atoms with Crippen LogP contribution in [0.5, 0.6) is 0 Å². The van der Waals surface area contributed by atoms with Crippen LogP contribution < -0.4 is 17.0 Å². The molecule has 28 heavy (non-hydrogen) atoms. The zero-order valence-corrected chi connectivity index (χ0v) is 17.1. The van der Waals surface area contributed by atoms with Crippen LogP contribution in [0, 0.1) is 27.7 Å². The molecule has 4 N–H and O–H groups in total. The Morgan fingerprint density at radius 1 is 0.929 bits per heavy atom. The van der Waals surface area contributed by atoms with Gasteiger partial charge in [0.25, 0.3) is 11.5 Å². The fourth-order valence-corrected chi connectivity index (χ4v) is 3.52. The summed E-state index contributed by atoms with van der Waals surface area (Å²) in [5.74, 6) is -0.900. The predicted molar refractivity (Wildman–Crippen MR) is 116 cm³/mol. The quantitative estimate of drug-likeness (QED) is 0.511. The maximum atomic E-state index is 13.2. The van der Waals surface area contributed by atoms with Crippen molar-refractivity contribution in [3.05, 3.63) is 74.7 Å². The number of benzene rings is 2. The average Bonchev–Trinajstić information content (AvgIpc) is 2.55. The van der Waals surface area contributed by atoms with Gasteiger partial charge in [-0.25, -0.2) is 0 Å². The average molecular weight is 399 g/mol. The van der Waals surface area contributed by atoms with E-state index in [-0.39, 0.29) is 29.5 Å². The molecule has 0 aliphatic carbocycles. The number of rotatable bonds is 2. The van der Waals surface area contributed by atoms with Crippen LogP contribution in [0.3, 0.4) is 0 Å². The smallest absolute Gasteiger partial charge is 0.282 e.